The molecule has 1 aromatic rings. The molecule has 0 radical (unpaired) electrons. The maximum absolute atomic E-state index is 12.0. The third kappa shape index (κ3) is 5.13. The summed E-state index contributed by atoms with van der Waals surface area (Å²) in [5.74, 6) is 2.15. The second-order valence-corrected chi connectivity index (χ2v) is 5.68. The van der Waals surface area contributed by atoms with Crippen LogP contribution in [0.4, 0.5) is 4.79 Å². The monoisotopic (exact) mass is 306 g/mol. The second-order valence-electron chi connectivity index (χ2n) is 5.68. The van der Waals surface area contributed by atoms with Gasteiger partial charge in [0.15, 0.2) is 0 Å². The summed E-state index contributed by atoms with van der Waals surface area (Å²) in [4.78, 5) is 13.9. The molecule has 0 aromatic heterocycles. The predicted octanol–water partition coefficient (Wildman–Crippen LogP) is 2.91. The zero-order valence-electron chi connectivity index (χ0n) is 13.5. The van der Waals surface area contributed by atoms with Gasteiger partial charge in [-0.25, -0.2) is 4.79 Å². The summed E-state index contributed by atoms with van der Waals surface area (Å²) >= 11 is 0. The molecule has 1 aliphatic heterocycles. The first-order valence-corrected chi connectivity index (χ1v) is 8.07. The van der Waals surface area contributed by atoms with Crippen LogP contribution in [0.2, 0.25) is 0 Å². The fourth-order valence-corrected chi connectivity index (χ4v) is 2.63. The number of nitrogens with one attached hydrogen (secondary N) is 1. The topological polar surface area (TPSA) is 50.8 Å². The van der Waals surface area contributed by atoms with Crippen molar-refractivity contribution in [1.82, 2.24) is 10.2 Å². The number of carbonyl (C=O) groups excluding carboxylic acids is 1. The van der Waals surface area contributed by atoms with E-state index in [0.29, 0.717) is 25.7 Å². The van der Waals surface area contributed by atoms with Gasteiger partial charge in [-0.3, -0.25) is 0 Å². The third-order valence-corrected chi connectivity index (χ3v) is 3.71. The summed E-state index contributed by atoms with van der Waals surface area (Å²) in [6.45, 7) is 7.43. The molecule has 1 N–H and O–H groups in total. The SMILES string of the molecule is CCOc1cccc(OCCNC(=O)N2CCCC(C)C2)c1. The Morgan fingerprint density at radius 1 is 1.36 bits per heavy atom. The largest absolute Gasteiger partial charge is 0.494 e. The zero-order valence-corrected chi connectivity index (χ0v) is 13.5. The summed E-state index contributed by atoms with van der Waals surface area (Å²) in [5.41, 5.74) is 0. The highest BCUT2D eigenvalue weighted by Crippen LogP contribution is 2.19. The van der Waals surface area contributed by atoms with E-state index in [4.69, 9.17) is 9.47 Å². The number of amides is 2. The van der Waals surface area contributed by atoms with E-state index in [0.717, 1.165) is 31.0 Å². The summed E-state index contributed by atoms with van der Waals surface area (Å²) < 4.78 is 11.1. The third-order valence-electron chi connectivity index (χ3n) is 3.71. The first-order chi connectivity index (χ1) is 10.7. The average Bonchev–Trinajstić information content (AvgIpc) is 2.52. The molecule has 1 aliphatic rings. The van der Waals surface area contributed by atoms with Gasteiger partial charge in [-0.2, -0.15) is 0 Å². The molecule has 0 aliphatic carbocycles. The maximum atomic E-state index is 12.0. The van der Waals surface area contributed by atoms with Gasteiger partial charge in [-0.15, -0.1) is 0 Å². The van der Waals surface area contributed by atoms with Gasteiger partial charge in [-0.05, 0) is 37.8 Å². The summed E-state index contributed by atoms with van der Waals surface area (Å²) in [5, 5.41) is 2.91. The van der Waals surface area contributed by atoms with E-state index in [1.54, 1.807) is 0 Å². The number of likely N-dealkylation sites (tertiary alicyclic amines) is 1. The van der Waals surface area contributed by atoms with Gasteiger partial charge in [0.25, 0.3) is 0 Å². The summed E-state index contributed by atoms with van der Waals surface area (Å²) in [6.07, 6.45) is 2.30. The van der Waals surface area contributed by atoms with Crippen molar-refractivity contribution >= 4 is 6.03 Å². The molecule has 5 nitrogen and oxygen atoms in total. The fraction of sp³-hybridized carbons (Fsp3) is 0.588. The van der Waals surface area contributed by atoms with Crippen LogP contribution in [-0.4, -0.2) is 43.8 Å². The van der Waals surface area contributed by atoms with Crippen LogP contribution in [0.25, 0.3) is 0 Å². The number of carbonyl (C=O) groups is 1. The molecule has 0 bridgehead atoms. The molecule has 0 saturated carbocycles. The van der Waals surface area contributed by atoms with Crippen LogP contribution in [0.1, 0.15) is 26.7 Å². The molecular formula is C17H26N2O3. The van der Waals surface area contributed by atoms with Crippen molar-refractivity contribution < 1.29 is 14.3 Å². The van der Waals surface area contributed by atoms with Crippen LogP contribution in [0.3, 0.4) is 0 Å². The fourth-order valence-electron chi connectivity index (χ4n) is 2.63. The van der Waals surface area contributed by atoms with Gasteiger partial charge in [-0.1, -0.05) is 13.0 Å². The van der Waals surface area contributed by atoms with E-state index in [-0.39, 0.29) is 6.03 Å². The molecule has 1 aromatic carbocycles. The number of ether oxygens (including phenoxy) is 2. The minimum atomic E-state index is 0.0122. The minimum Gasteiger partial charge on any atom is -0.494 e. The van der Waals surface area contributed by atoms with Crippen LogP contribution < -0.4 is 14.8 Å². The molecule has 1 atom stereocenters. The smallest absolute Gasteiger partial charge is 0.317 e. The van der Waals surface area contributed by atoms with Crippen molar-refractivity contribution in [3.05, 3.63) is 24.3 Å². The minimum absolute atomic E-state index is 0.0122. The van der Waals surface area contributed by atoms with E-state index in [9.17, 15) is 4.79 Å². The Hall–Kier alpha value is -1.91. The molecule has 1 saturated heterocycles. The molecule has 22 heavy (non-hydrogen) atoms. The van der Waals surface area contributed by atoms with E-state index >= 15 is 0 Å². The normalized spacial score (nSPS) is 17.9. The maximum Gasteiger partial charge on any atom is 0.317 e. The molecule has 2 amide bonds. The lowest BCUT2D eigenvalue weighted by atomic mass is 10.0. The van der Waals surface area contributed by atoms with Crippen molar-refractivity contribution in [2.24, 2.45) is 5.92 Å². The van der Waals surface area contributed by atoms with Crippen LogP contribution in [0.5, 0.6) is 11.5 Å². The molecule has 1 fully saturated rings. The predicted molar refractivity (Wildman–Crippen MR) is 86.5 cm³/mol. The lowest BCUT2D eigenvalue weighted by Gasteiger charge is -2.30. The number of benzene rings is 1. The first kappa shape index (κ1) is 16.5. The molecule has 0 spiro atoms. The van der Waals surface area contributed by atoms with Crippen molar-refractivity contribution in [1.29, 1.82) is 0 Å². The van der Waals surface area contributed by atoms with E-state index in [2.05, 4.69) is 12.2 Å². The van der Waals surface area contributed by atoms with Gasteiger partial charge >= 0.3 is 6.03 Å². The van der Waals surface area contributed by atoms with Crippen molar-refractivity contribution in [2.45, 2.75) is 26.7 Å². The van der Waals surface area contributed by atoms with Crippen LogP contribution >= 0.6 is 0 Å². The Morgan fingerprint density at radius 3 is 2.86 bits per heavy atom. The first-order valence-electron chi connectivity index (χ1n) is 8.07. The van der Waals surface area contributed by atoms with Crippen molar-refractivity contribution in [2.75, 3.05) is 32.8 Å². The lowest BCUT2D eigenvalue weighted by Crippen LogP contribution is -2.45. The van der Waals surface area contributed by atoms with Crippen LogP contribution in [0, 0.1) is 5.92 Å². The van der Waals surface area contributed by atoms with Gasteiger partial charge < -0.3 is 19.7 Å². The Bertz CT molecular complexity index is 479. The molecular weight excluding hydrogens is 280 g/mol. The number of hydrogen-bond acceptors (Lipinski definition) is 3. The van der Waals surface area contributed by atoms with Gasteiger partial charge in [0.1, 0.15) is 18.1 Å². The summed E-state index contributed by atoms with van der Waals surface area (Å²) in [6, 6.07) is 7.55. The molecule has 122 valence electrons. The highest BCUT2D eigenvalue weighted by molar-refractivity contribution is 5.74. The highest BCUT2D eigenvalue weighted by Gasteiger charge is 2.20. The number of nitrogens with zero attached hydrogens (tertiary/aromatic N) is 1. The van der Waals surface area contributed by atoms with Gasteiger partial charge in [0.05, 0.1) is 13.2 Å². The number of piperidine rings is 1. The Morgan fingerprint density at radius 2 is 2.14 bits per heavy atom. The van der Waals surface area contributed by atoms with Crippen LogP contribution in [0.15, 0.2) is 24.3 Å². The zero-order chi connectivity index (χ0) is 15.8. The molecule has 2 rings (SSSR count). The Balaban J connectivity index is 1.68. The Kier molecular flexibility index (Phi) is 6.37. The number of urea groups is 1. The van der Waals surface area contributed by atoms with Gasteiger partial charge in [0, 0.05) is 19.2 Å². The number of rotatable bonds is 6. The van der Waals surface area contributed by atoms with Crippen LogP contribution in [-0.2, 0) is 0 Å². The molecule has 1 heterocycles. The lowest BCUT2D eigenvalue weighted by molar-refractivity contribution is 0.167. The summed E-state index contributed by atoms with van der Waals surface area (Å²) in [7, 11) is 0. The second kappa shape index (κ2) is 8.51. The molecule has 1 unspecified atom stereocenters. The highest BCUT2D eigenvalue weighted by atomic mass is 16.5. The van der Waals surface area contributed by atoms with Gasteiger partial charge in [0.2, 0.25) is 0 Å². The van der Waals surface area contributed by atoms with Crippen molar-refractivity contribution in [3.63, 3.8) is 0 Å². The number of hydrogen-bond donors (Lipinski definition) is 1. The average molecular weight is 306 g/mol. The standard InChI is InChI=1S/C17H26N2O3/c1-3-21-15-7-4-8-16(12-15)22-11-9-18-17(20)19-10-5-6-14(2)13-19/h4,7-8,12,14H,3,5-6,9-11,13H2,1-2H3,(H,18,20). The van der Waals surface area contributed by atoms with E-state index < -0.39 is 0 Å². The quantitative estimate of drug-likeness (QED) is 0.822. The van der Waals surface area contributed by atoms with E-state index in [1.165, 1.54) is 6.42 Å². The Labute approximate surface area is 132 Å². The van der Waals surface area contributed by atoms with E-state index in [1.807, 2.05) is 36.1 Å². The van der Waals surface area contributed by atoms with Crippen molar-refractivity contribution in [3.8, 4) is 11.5 Å². The molecule has 5 heteroatoms.